The molecule has 4 rings (SSSR count). The van der Waals surface area contributed by atoms with Crippen LogP contribution in [0.4, 0.5) is 11.8 Å². The number of carbonyl (C=O) groups is 1. The fourth-order valence-corrected chi connectivity index (χ4v) is 4.54. The summed E-state index contributed by atoms with van der Waals surface area (Å²) in [4.78, 5) is 33.0. The highest BCUT2D eigenvalue weighted by atomic mass is 16.2. The predicted octanol–water partition coefficient (Wildman–Crippen LogP) is 2.83. The molecule has 160 valence electrons. The molecule has 0 aliphatic carbocycles. The largest absolute Gasteiger partial charge is 0.353 e. The van der Waals surface area contributed by atoms with Crippen molar-refractivity contribution < 1.29 is 4.79 Å². The van der Waals surface area contributed by atoms with E-state index >= 15 is 0 Å². The topological polar surface area (TPSA) is 65.5 Å². The molecule has 4 heterocycles. The third-order valence-electron chi connectivity index (χ3n) is 6.14. The Morgan fingerprint density at radius 2 is 1.80 bits per heavy atom. The molecule has 1 atom stereocenters. The zero-order chi connectivity index (χ0) is 20.9. The monoisotopic (exact) mass is 408 g/mol. The molecule has 30 heavy (non-hydrogen) atoms. The van der Waals surface area contributed by atoms with Gasteiger partial charge in [-0.3, -0.25) is 4.79 Å². The van der Waals surface area contributed by atoms with Gasteiger partial charge in [0.1, 0.15) is 5.82 Å². The van der Waals surface area contributed by atoms with E-state index in [1.54, 1.807) is 0 Å². The van der Waals surface area contributed by atoms with Gasteiger partial charge < -0.3 is 14.7 Å². The van der Waals surface area contributed by atoms with Gasteiger partial charge >= 0.3 is 0 Å². The lowest BCUT2D eigenvalue weighted by molar-refractivity contribution is -0.131. The minimum atomic E-state index is 0.287. The number of aromatic nitrogens is 3. The second kappa shape index (κ2) is 9.41. The summed E-state index contributed by atoms with van der Waals surface area (Å²) < 4.78 is 0. The van der Waals surface area contributed by atoms with E-state index in [0.29, 0.717) is 12.3 Å². The fourth-order valence-electron chi connectivity index (χ4n) is 4.54. The van der Waals surface area contributed by atoms with Crippen molar-refractivity contribution in [3.05, 3.63) is 41.9 Å². The molecule has 0 bridgehead atoms. The molecule has 2 saturated heterocycles. The van der Waals surface area contributed by atoms with E-state index in [1.165, 1.54) is 6.42 Å². The summed E-state index contributed by atoms with van der Waals surface area (Å²) in [6.45, 7) is 9.25. The molecule has 7 nitrogen and oxygen atoms in total. The van der Waals surface area contributed by atoms with Crippen LogP contribution in [0.3, 0.4) is 0 Å². The van der Waals surface area contributed by atoms with Gasteiger partial charge in [0.15, 0.2) is 0 Å². The zero-order valence-electron chi connectivity index (χ0n) is 18.1. The summed E-state index contributed by atoms with van der Waals surface area (Å²) in [5.41, 5.74) is 2.03. The molecule has 0 N–H and O–H groups in total. The Kier molecular flexibility index (Phi) is 6.45. The van der Waals surface area contributed by atoms with E-state index in [0.717, 1.165) is 75.3 Å². The number of rotatable bonds is 5. The maximum atomic E-state index is 12.8. The van der Waals surface area contributed by atoms with Gasteiger partial charge in [-0.05, 0) is 57.2 Å². The van der Waals surface area contributed by atoms with E-state index < -0.39 is 0 Å². The van der Waals surface area contributed by atoms with Crippen molar-refractivity contribution in [3.63, 3.8) is 0 Å². The van der Waals surface area contributed by atoms with Crippen LogP contribution in [0, 0.1) is 19.8 Å². The molecule has 0 spiro atoms. The summed E-state index contributed by atoms with van der Waals surface area (Å²) >= 11 is 0. The first-order chi connectivity index (χ1) is 14.6. The van der Waals surface area contributed by atoms with Crippen LogP contribution in [0.2, 0.25) is 0 Å². The predicted molar refractivity (Wildman–Crippen MR) is 119 cm³/mol. The van der Waals surface area contributed by atoms with Crippen LogP contribution in [0.1, 0.15) is 37.1 Å². The van der Waals surface area contributed by atoms with Crippen LogP contribution in [0.25, 0.3) is 0 Å². The number of pyridine rings is 1. The number of amides is 1. The quantitative estimate of drug-likeness (QED) is 0.758. The molecule has 2 aromatic heterocycles. The van der Waals surface area contributed by atoms with Crippen molar-refractivity contribution in [2.24, 2.45) is 5.92 Å². The number of nitrogens with zero attached hydrogens (tertiary/aromatic N) is 6. The van der Waals surface area contributed by atoms with Crippen molar-refractivity contribution in [1.82, 2.24) is 19.9 Å². The molecular formula is C23H32N6O. The molecule has 0 unspecified atom stereocenters. The smallest absolute Gasteiger partial charge is 0.225 e. The minimum Gasteiger partial charge on any atom is -0.353 e. The molecule has 2 aliphatic heterocycles. The van der Waals surface area contributed by atoms with E-state index in [1.807, 2.05) is 49.2 Å². The number of hydrogen-bond acceptors (Lipinski definition) is 6. The fraction of sp³-hybridized carbons (Fsp3) is 0.565. The van der Waals surface area contributed by atoms with Gasteiger partial charge in [-0.15, -0.1) is 0 Å². The highest BCUT2D eigenvalue weighted by Crippen LogP contribution is 2.25. The van der Waals surface area contributed by atoms with Gasteiger partial charge in [0.2, 0.25) is 11.9 Å². The SMILES string of the molecule is Cc1cc(C)nc(N2CCC[C@H](CCC(=O)N3CCN(c4ccccn4)CC3)C2)n1. The van der Waals surface area contributed by atoms with Gasteiger partial charge in [0, 0.05) is 63.3 Å². The average molecular weight is 409 g/mol. The lowest BCUT2D eigenvalue weighted by atomic mass is 9.93. The van der Waals surface area contributed by atoms with E-state index in [9.17, 15) is 4.79 Å². The first kappa shape index (κ1) is 20.6. The first-order valence-corrected chi connectivity index (χ1v) is 11.1. The Morgan fingerprint density at radius 3 is 2.50 bits per heavy atom. The summed E-state index contributed by atoms with van der Waals surface area (Å²) in [5.74, 6) is 2.66. The van der Waals surface area contributed by atoms with Gasteiger partial charge in [-0.25, -0.2) is 15.0 Å². The highest BCUT2D eigenvalue weighted by Gasteiger charge is 2.25. The molecule has 1 amide bonds. The van der Waals surface area contributed by atoms with Gasteiger partial charge in [-0.1, -0.05) is 6.07 Å². The van der Waals surface area contributed by atoms with Crippen LogP contribution >= 0.6 is 0 Å². The number of carbonyl (C=O) groups excluding carboxylic acids is 1. The molecule has 7 heteroatoms. The third-order valence-corrected chi connectivity index (χ3v) is 6.14. The van der Waals surface area contributed by atoms with Crippen molar-refractivity contribution >= 4 is 17.7 Å². The molecule has 0 aromatic carbocycles. The van der Waals surface area contributed by atoms with E-state index in [2.05, 4.69) is 24.8 Å². The molecule has 0 radical (unpaired) electrons. The number of aryl methyl sites for hydroxylation is 2. The Bertz CT molecular complexity index is 830. The summed E-state index contributed by atoms with van der Waals surface area (Å²) in [6, 6.07) is 7.99. The van der Waals surface area contributed by atoms with Gasteiger partial charge in [0.05, 0.1) is 0 Å². The molecule has 2 fully saturated rings. The van der Waals surface area contributed by atoms with Crippen molar-refractivity contribution in [3.8, 4) is 0 Å². The highest BCUT2D eigenvalue weighted by molar-refractivity contribution is 5.76. The van der Waals surface area contributed by atoms with Crippen molar-refractivity contribution in [2.45, 2.75) is 39.5 Å². The maximum Gasteiger partial charge on any atom is 0.225 e. The summed E-state index contributed by atoms with van der Waals surface area (Å²) in [6.07, 6.45) is 5.72. The Morgan fingerprint density at radius 1 is 1.03 bits per heavy atom. The number of piperidine rings is 1. The number of anilines is 2. The van der Waals surface area contributed by atoms with Crippen LogP contribution in [-0.2, 0) is 4.79 Å². The second-order valence-corrected chi connectivity index (χ2v) is 8.50. The van der Waals surface area contributed by atoms with Crippen molar-refractivity contribution in [1.29, 1.82) is 0 Å². The Balaban J connectivity index is 1.25. The van der Waals surface area contributed by atoms with E-state index in [4.69, 9.17) is 0 Å². The van der Waals surface area contributed by atoms with Crippen molar-refractivity contribution in [2.75, 3.05) is 49.1 Å². The number of hydrogen-bond donors (Lipinski definition) is 0. The second-order valence-electron chi connectivity index (χ2n) is 8.50. The standard InChI is InChI=1S/C23H32N6O/c1-18-16-19(2)26-23(25-18)29-11-5-6-20(17-29)8-9-22(30)28-14-12-27(13-15-28)21-7-3-4-10-24-21/h3-4,7,10,16,20H,5-6,8-9,11-15,17H2,1-2H3/t20-/m1/s1. The number of piperazine rings is 1. The zero-order valence-corrected chi connectivity index (χ0v) is 18.1. The normalized spacial score (nSPS) is 19.8. The lowest BCUT2D eigenvalue weighted by Crippen LogP contribution is -2.49. The molecule has 2 aromatic rings. The summed E-state index contributed by atoms with van der Waals surface area (Å²) in [7, 11) is 0. The third kappa shape index (κ3) is 5.07. The summed E-state index contributed by atoms with van der Waals surface area (Å²) in [5, 5.41) is 0. The lowest BCUT2D eigenvalue weighted by Gasteiger charge is -2.36. The molecule has 2 aliphatic rings. The Hall–Kier alpha value is -2.70. The average Bonchev–Trinajstić information content (AvgIpc) is 2.78. The van der Waals surface area contributed by atoms with Crippen LogP contribution in [-0.4, -0.2) is 65.0 Å². The van der Waals surface area contributed by atoms with Crippen LogP contribution in [0.5, 0.6) is 0 Å². The first-order valence-electron chi connectivity index (χ1n) is 11.1. The van der Waals surface area contributed by atoms with E-state index in [-0.39, 0.29) is 5.91 Å². The maximum absolute atomic E-state index is 12.8. The van der Waals surface area contributed by atoms with Crippen LogP contribution < -0.4 is 9.80 Å². The van der Waals surface area contributed by atoms with Gasteiger partial charge in [0.25, 0.3) is 0 Å². The van der Waals surface area contributed by atoms with Crippen LogP contribution in [0.15, 0.2) is 30.5 Å². The molecular weight excluding hydrogens is 376 g/mol. The minimum absolute atomic E-state index is 0.287. The van der Waals surface area contributed by atoms with Gasteiger partial charge in [-0.2, -0.15) is 0 Å². The Labute approximate surface area is 179 Å². The molecule has 0 saturated carbocycles.